The number of nitrogens with zero attached hydrogens (tertiary/aromatic N) is 1. The number of hydrogen-bond acceptors (Lipinski definition) is 7. The highest BCUT2D eigenvalue weighted by atomic mass is 32.2. The van der Waals surface area contributed by atoms with Crippen LogP contribution in [0.2, 0.25) is 0 Å². The van der Waals surface area contributed by atoms with E-state index >= 15 is 0 Å². The van der Waals surface area contributed by atoms with E-state index < -0.39 is 59.6 Å². The Kier molecular flexibility index (Phi) is 4.14. The van der Waals surface area contributed by atoms with Gasteiger partial charge in [0.1, 0.15) is 0 Å². The number of aliphatic carboxylic acids is 2. The van der Waals surface area contributed by atoms with Crippen molar-refractivity contribution >= 4 is 47.8 Å². The number of hydrogen-bond donors (Lipinski definition) is 5. The fraction of sp³-hybridized carbons (Fsp3) is 0.400. The van der Waals surface area contributed by atoms with E-state index in [0.29, 0.717) is 4.31 Å². The Bertz CT molecular complexity index is 618. The van der Waals surface area contributed by atoms with Crippen molar-refractivity contribution in [2.45, 2.75) is 23.8 Å². The van der Waals surface area contributed by atoms with Crippen LogP contribution in [0.25, 0.3) is 0 Å². The molecular weight excluding hydrogens is 336 g/mol. The SMILES string of the molecule is O=C1CC(SN2C(=O)NC(=O)CC2C(=O)O)(C(=O)O)NC(=O)N1. The molecule has 2 aliphatic heterocycles. The van der Waals surface area contributed by atoms with E-state index in [9.17, 15) is 33.9 Å². The van der Waals surface area contributed by atoms with Crippen LogP contribution in [0.5, 0.6) is 0 Å². The Balaban J connectivity index is 2.34. The van der Waals surface area contributed by atoms with Crippen molar-refractivity contribution in [3.05, 3.63) is 0 Å². The smallest absolute Gasteiger partial charge is 0.342 e. The van der Waals surface area contributed by atoms with Crippen molar-refractivity contribution in [3.63, 3.8) is 0 Å². The highest BCUT2D eigenvalue weighted by molar-refractivity contribution is 7.99. The second kappa shape index (κ2) is 5.75. The first kappa shape index (κ1) is 16.5. The highest BCUT2D eigenvalue weighted by Gasteiger charge is 2.52. The second-order valence-electron chi connectivity index (χ2n) is 4.64. The fourth-order valence-corrected chi connectivity index (χ4v) is 3.13. The number of carboxylic acids is 2. The number of rotatable bonds is 4. The van der Waals surface area contributed by atoms with Crippen molar-refractivity contribution in [2.24, 2.45) is 0 Å². The zero-order valence-corrected chi connectivity index (χ0v) is 12.0. The predicted octanol–water partition coefficient (Wildman–Crippen LogP) is -1.96. The van der Waals surface area contributed by atoms with E-state index in [2.05, 4.69) is 0 Å². The van der Waals surface area contributed by atoms with Gasteiger partial charge in [-0.25, -0.2) is 19.2 Å². The standard InChI is InChI=1S/C10H10N4O8S/c15-4-1-3(6(17)18)14(9(22)12-4)23-10(7(19)20)2-5(16)11-8(21)13-10/h3H,1-2H2,(H,17,18)(H,19,20)(H,12,15,22)(H2,11,13,16,21). The third-order valence-electron chi connectivity index (χ3n) is 2.97. The average molecular weight is 346 g/mol. The van der Waals surface area contributed by atoms with Crippen molar-refractivity contribution < 1.29 is 39.0 Å². The third-order valence-corrected chi connectivity index (χ3v) is 4.32. The molecule has 2 unspecified atom stereocenters. The van der Waals surface area contributed by atoms with Gasteiger partial charge in [0.05, 0.1) is 12.8 Å². The molecule has 2 rings (SSSR count). The minimum atomic E-state index is -2.27. The Morgan fingerprint density at radius 2 is 1.78 bits per heavy atom. The summed E-state index contributed by atoms with van der Waals surface area (Å²) in [5.74, 6) is -4.94. The molecular formula is C10H10N4O8S. The van der Waals surface area contributed by atoms with Crippen LogP contribution in [0.15, 0.2) is 0 Å². The third kappa shape index (κ3) is 3.18. The van der Waals surface area contributed by atoms with E-state index in [4.69, 9.17) is 5.11 Å². The molecule has 5 N–H and O–H groups in total. The Morgan fingerprint density at radius 1 is 1.13 bits per heavy atom. The summed E-state index contributed by atoms with van der Waals surface area (Å²) in [4.78, 5) is 66.3. The van der Waals surface area contributed by atoms with Crippen LogP contribution < -0.4 is 16.0 Å². The quantitative estimate of drug-likeness (QED) is 0.361. The number of carbonyl (C=O) groups is 6. The molecule has 0 aromatic heterocycles. The van der Waals surface area contributed by atoms with Crippen LogP contribution in [0.4, 0.5) is 9.59 Å². The van der Waals surface area contributed by atoms with Crippen LogP contribution in [0.3, 0.4) is 0 Å². The predicted molar refractivity (Wildman–Crippen MR) is 70.7 cm³/mol. The van der Waals surface area contributed by atoms with Crippen LogP contribution in [0, 0.1) is 0 Å². The molecule has 13 heteroatoms. The molecule has 0 aliphatic carbocycles. The lowest BCUT2D eigenvalue weighted by atomic mass is 10.1. The van der Waals surface area contributed by atoms with Gasteiger partial charge in [0.2, 0.25) is 16.7 Å². The van der Waals surface area contributed by atoms with E-state index in [0.717, 1.165) is 0 Å². The van der Waals surface area contributed by atoms with Gasteiger partial charge in [-0.1, -0.05) is 0 Å². The molecule has 0 aromatic carbocycles. The molecule has 0 aromatic rings. The number of urea groups is 2. The zero-order valence-electron chi connectivity index (χ0n) is 11.2. The molecule has 0 spiro atoms. The summed E-state index contributed by atoms with van der Waals surface area (Å²) in [7, 11) is 0. The van der Waals surface area contributed by atoms with Gasteiger partial charge in [-0.05, 0) is 11.9 Å². The molecule has 2 saturated heterocycles. The second-order valence-corrected chi connectivity index (χ2v) is 5.91. The summed E-state index contributed by atoms with van der Waals surface area (Å²) in [6, 6.07) is -3.89. The Labute approximate surface area is 131 Å². The summed E-state index contributed by atoms with van der Waals surface area (Å²) < 4.78 is 0.511. The largest absolute Gasteiger partial charge is 0.480 e. The van der Waals surface area contributed by atoms with Gasteiger partial charge >= 0.3 is 24.0 Å². The van der Waals surface area contributed by atoms with E-state index in [1.54, 1.807) is 0 Å². The minimum Gasteiger partial charge on any atom is -0.480 e. The van der Waals surface area contributed by atoms with Crippen molar-refractivity contribution in [3.8, 4) is 0 Å². The molecule has 2 aliphatic rings. The topological polar surface area (TPSA) is 182 Å². The molecule has 0 radical (unpaired) electrons. The van der Waals surface area contributed by atoms with Gasteiger partial charge in [0, 0.05) is 0 Å². The number of nitrogens with one attached hydrogen (secondary N) is 3. The normalized spacial score (nSPS) is 27.8. The molecule has 124 valence electrons. The first-order chi connectivity index (χ1) is 10.6. The van der Waals surface area contributed by atoms with Gasteiger partial charge in [0.15, 0.2) is 6.04 Å². The lowest BCUT2D eigenvalue weighted by molar-refractivity contribution is -0.145. The average Bonchev–Trinajstić information content (AvgIpc) is 2.40. The Morgan fingerprint density at radius 3 is 2.30 bits per heavy atom. The lowest BCUT2D eigenvalue weighted by Crippen LogP contribution is -2.65. The molecule has 0 bridgehead atoms. The molecule has 12 nitrogen and oxygen atoms in total. The van der Waals surface area contributed by atoms with E-state index in [1.165, 1.54) is 0 Å². The van der Waals surface area contributed by atoms with Gasteiger partial charge < -0.3 is 15.5 Å². The molecule has 2 atom stereocenters. The molecule has 23 heavy (non-hydrogen) atoms. The van der Waals surface area contributed by atoms with Crippen molar-refractivity contribution in [1.29, 1.82) is 0 Å². The van der Waals surface area contributed by atoms with E-state index in [-0.39, 0.29) is 11.9 Å². The van der Waals surface area contributed by atoms with Gasteiger partial charge in [-0.3, -0.25) is 24.5 Å². The summed E-state index contributed by atoms with van der Waals surface area (Å²) >= 11 is 0.147. The number of amides is 6. The van der Waals surface area contributed by atoms with Crippen LogP contribution in [0.1, 0.15) is 12.8 Å². The first-order valence-electron chi connectivity index (χ1n) is 6.05. The fourth-order valence-electron chi connectivity index (χ4n) is 1.97. The summed E-state index contributed by atoms with van der Waals surface area (Å²) in [5.41, 5.74) is 0. The highest BCUT2D eigenvalue weighted by Crippen LogP contribution is 2.35. The zero-order chi connectivity index (χ0) is 17.4. The van der Waals surface area contributed by atoms with Crippen LogP contribution in [-0.4, -0.2) is 61.2 Å². The summed E-state index contributed by atoms with van der Waals surface area (Å²) in [6.07, 6.45) is -1.33. The molecule has 2 fully saturated rings. The maximum absolute atomic E-state index is 11.8. The Hall–Kier alpha value is -2.83. The van der Waals surface area contributed by atoms with Crippen molar-refractivity contribution in [1.82, 2.24) is 20.3 Å². The lowest BCUT2D eigenvalue weighted by Gasteiger charge is -2.39. The monoisotopic (exact) mass is 346 g/mol. The molecule has 2 heterocycles. The maximum atomic E-state index is 11.8. The summed E-state index contributed by atoms with van der Waals surface area (Å²) in [5, 5.41) is 24.1. The molecule has 6 amide bonds. The van der Waals surface area contributed by atoms with Gasteiger partial charge in [-0.15, -0.1) is 0 Å². The molecule has 0 saturated carbocycles. The minimum absolute atomic E-state index is 0.147. The number of imide groups is 2. The number of carbonyl (C=O) groups excluding carboxylic acids is 4. The maximum Gasteiger partial charge on any atom is 0.342 e. The van der Waals surface area contributed by atoms with Gasteiger partial charge in [-0.2, -0.15) is 0 Å². The van der Waals surface area contributed by atoms with E-state index in [1.807, 2.05) is 16.0 Å². The van der Waals surface area contributed by atoms with Gasteiger partial charge in [0.25, 0.3) is 0 Å². The first-order valence-corrected chi connectivity index (χ1v) is 6.82. The van der Waals surface area contributed by atoms with Crippen LogP contribution in [-0.2, 0) is 19.2 Å². The van der Waals surface area contributed by atoms with Crippen molar-refractivity contribution in [2.75, 3.05) is 0 Å². The summed E-state index contributed by atoms with van der Waals surface area (Å²) in [6.45, 7) is 0. The van der Waals surface area contributed by atoms with Crippen LogP contribution >= 0.6 is 11.9 Å². The number of carboxylic acid groups (broad SMARTS) is 2.